The molecule has 0 aromatic heterocycles. The van der Waals surface area contributed by atoms with E-state index >= 15 is 0 Å². The summed E-state index contributed by atoms with van der Waals surface area (Å²) in [5.41, 5.74) is 0.527. The molecule has 2 aromatic rings. The topological polar surface area (TPSA) is 26.3 Å². The van der Waals surface area contributed by atoms with Gasteiger partial charge in [-0.3, -0.25) is 0 Å². The van der Waals surface area contributed by atoms with E-state index < -0.39 is 0 Å². The number of esters is 1. The molecule has 0 spiro atoms. The summed E-state index contributed by atoms with van der Waals surface area (Å²) >= 11 is 4.21. The Morgan fingerprint density at radius 3 is 2.25 bits per heavy atom. The minimum atomic E-state index is -0.373. The van der Waals surface area contributed by atoms with E-state index in [9.17, 15) is 4.79 Å². The first-order valence-electron chi connectivity index (χ1n) is 4.82. The van der Waals surface area contributed by atoms with E-state index in [1.165, 1.54) is 0 Å². The van der Waals surface area contributed by atoms with Gasteiger partial charge in [0.25, 0.3) is 0 Å². The molecule has 2 nitrogen and oxygen atoms in total. The molecular weight excluding hydrogens is 220 g/mol. The summed E-state index contributed by atoms with van der Waals surface area (Å²) in [6.07, 6.45) is 0. The van der Waals surface area contributed by atoms with Crippen molar-refractivity contribution in [3.05, 3.63) is 60.2 Å². The van der Waals surface area contributed by atoms with Gasteiger partial charge in [0.05, 0.1) is 5.56 Å². The lowest BCUT2D eigenvalue weighted by Crippen LogP contribution is -2.08. The maximum Gasteiger partial charge on any atom is 0.343 e. The highest BCUT2D eigenvalue weighted by Gasteiger charge is 2.08. The molecule has 0 saturated carbocycles. The highest BCUT2D eigenvalue weighted by atomic mass is 32.1. The second kappa shape index (κ2) is 4.86. The van der Waals surface area contributed by atoms with E-state index in [-0.39, 0.29) is 5.97 Å². The number of para-hydroxylation sites is 1. The first-order chi connectivity index (χ1) is 7.77. The molecule has 0 aliphatic rings. The van der Waals surface area contributed by atoms with Crippen LogP contribution in [0.3, 0.4) is 0 Å². The third-order valence-electron chi connectivity index (χ3n) is 2.08. The van der Waals surface area contributed by atoms with Crippen LogP contribution in [0, 0.1) is 0 Å². The predicted molar refractivity (Wildman–Crippen MR) is 65.1 cm³/mol. The molecule has 0 N–H and O–H groups in total. The molecule has 0 fully saturated rings. The zero-order valence-corrected chi connectivity index (χ0v) is 9.35. The summed E-state index contributed by atoms with van der Waals surface area (Å²) < 4.78 is 5.22. The second-order valence-corrected chi connectivity index (χ2v) is 3.71. The summed E-state index contributed by atoms with van der Waals surface area (Å²) in [5.74, 6) is 0.0989. The van der Waals surface area contributed by atoms with Crippen molar-refractivity contribution in [3.8, 4) is 5.75 Å². The van der Waals surface area contributed by atoms with Crippen molar-refractivity contribution in [2.75, 3.05) is 0 Å². The molecule has 2 rings (SSSR count). The molecule has 80 valence electrons. The summed E-state index contributed by atoms with van der Waals surface area (Å²) in [4.78, 5) is 12.4. The van der Waals surface area contributed by atoms with E-state index in [1.807, 2.05) is 12.1 Å². The van der Waals surface area contributed by atoms with Crippen LogP contribution in [0.4, 0.5) is 0 Å². The van der Waals surface area contributed by atoms with E-state index in [4.69, 9.17) is 4.74 Å². The van der Waals surface area contributed by atoms with Gasteiger partial charge in [0.1, 0.15) is 5.75 Å². The summed E-state index contributed by atoms with van der Waals surface area (Å²) in [6.45, 7) is 0. The van der Waals surface area contributed by atoms with Crippen molar-refractivity contribution in [1.29, 1.82) is 0 Å². The molecular formula is C13H10O2S. The van der Waals surface area contributed by atoms with Crippen LogP contribution in [0.15, 0.2) is 59.5 Å². The molecule has 0 heterocycles. The number of thiol groups is 1. The number of rotatable bonds is 2. The smallest absolute Gasteiger partial charge is 0.343 e. The maximum absolute atomic E-state index is 11.7. The highest BCUT2D eigenvalue weighted by molar-refractivity contribution is 7.80. The van der Waals surface area contributed by atoms with Gasteiger partial charge in [0.15, 0.2) is 0 Å². The third-order valence-corrected chi connectivity index (χ3v) is 2.45. The molecule has 0 aliphatic carbocycles. The average Bonchev–Trinajstić information content (AvgIpc) is 2.33. The Labute approximate surface area is 99.3 Å². The predicted octanol–water partition coefficient (Wildman–Crippen LogP) is 3.19. The lowest BCUT2D eigenvalue weighted by molar-refractivity contribution is 0.0730. The Morgan fingerprint density at radius 1 is 0.938 bits per heavy atom. The highest BCUT2D eigenvalue weighted by Crippen LogP contribution is 2.22. The Kier molecular flexibility index (Phi) is 3.27. The van der Waals surface area contributed by atoms with Crippen molar-refractivity contribution in [3.63, 3.8) is 0 Å². The largest absolute Gasteiger partial charge is 0.422 e. The molecule has 0 amide bonds. The van der Waals surface area contributed by atoms with Gasteiger partial charge in [-0.05, 0) is 24.3 Å². The standard InChI is InChI=1S/C13H10O2S/c14-13(10-6-2-1-3-7-10)15-11-8-4-5-9-12(11)16/h1-9,16H. The molecule has 0 saturated heterocycles. The van der Waals surface area contributed by atoms with E-state index in [1.54, 1.807) is 42.5 Å². The number of carbonyl (C=O) groups excluding carboxylic acids is 1. The fraction of sp³-hybridized carbons (Fsp3) is 0. The lowest BCUT2D eigenvalue weighted by Gasteiger charge is -2.05. The van der Waals surface area contributed by atoms with Gasteiger partial charge in [-0.1, -0.05) is 30.3 Å². The van der Waals surface area contributed by atoms with Crippen molar-refractivity contribution in [2.45, 2.75) is 4.90 Å². The average molecular weight is 230 g/mol. The number of hydrogen-bond acceptors (Lipinski definition) is 3. The van der Waals surface area contributed by atoms with Crippen molar-refractivity contribution in [2.24, 2.45) is 0 Å². The number of benzene rings is 2. The zero-order chi connectivity index (χ0) is 11.4. The Hall–Kier alpha value is -1.74. The Balaban J connectivity index is 2.18. The van der Waals surface area contributed by atoms with Crippen LogP contribution in [0.25, 0.3) is 0 Å². The number of ether oxygens (including phenoxy) is 1. The van der Waals surface area contributed by atoms with E-state index in [0.29, 0.717) is 16.2 Å². The normalized spacial score (nSPS) is 9.81. The molecule has 3 heteroatoms. The van der Waals surface area contributed by atoms with E-state index in [2.05, 4.69) is 12.6 Å². The monoisotopic (exact) mass is 230 g/mol. The second-order valence-electron chi connectivity index (χ2n) is 3.22. The first kappa shape index (κ1) is 10.8. The first-order valence-corrected chi connectivity index (χ1v) is 5.27. The molecule has 16 heavy (non-hydrogen) atoms. The van der Waals surface area contributed by atoms with Crippen molar-refractivity contribution < 1.29 is 9.53 Å². The minimum Gasteiger partial charge on any atom is -0.422 e. The molecule has 0 unspecified atom stereocenters. The van der Waals surface area contributed by atoms with Gasteiger partial charge < -0.3 is 4.74 Å². The number of hydrogen-bond donors (Lipinski definition) is 1. The summed E-state index contributed by atoms with van der Waals surface area (Å²) in [5, 5.41) is 0. The van der Waals surface area contributed by atoms with Gasteiger partial charge in [-0.2, -0.15) is 0 Å². The Bertz CT molecular complexity index is 494. The van der Waals surface area contributed by atoms with Crippen LogP contribution >= 0.6 is 12.6 Å². The summed E-state index contributed by atoms with van der Waals surface area (Å²) in [7, 11) is 0. The molecule has 2 aromatic carbocycles. The zero-order valence-electron chi connectivity index (χ0n) is 8.46. The van der Waals surface area contributed by atoms with Gasteiger partial charge >= 0.3 is 5.97 Å². The van der Waals surface area contributed by atoms with Crippen LogP contribution in [0.5, 0.6) is 5.75 Å². The number of carbonyl (C=O) groups is 1. The lowest BCUT2D eigenvalue weighted by atomic mass is 10.2. The maximum atomic E-state index is 11.7. The molecule has 0 atom stereocenters. The Morgan fingerprint density at radius 2 is 1.56 bits per heavy atom. The quantitative estimate of drug-likeness (QED) is 0.487. The van der Waals surface area contributed by atoms with Crippen molar-refractivity contribution in [1.82, 2.24) is 0 Å². The van der Waals surface area contributed by atoms with Crippen LogP contribution in [-0.2, 0) is 0 Å². The minimum absolute atomic E-state index is 0.373. The van der Waals surface area contributed by atoms with Crippen LogP contribution < -0.4 is 4.74 Å². The van der Waals surface area contributed by atoms with Crippen LogP contribution in [0.1, 0.15) is 10.4 Å². The van der Waals surface area contributed by atoms with Gasteiger partial charge in [0.2, 0.25) is 0 Å². The molecule has 0 bridgehead atoms. The SMILES string of the molecule is O=C(Oc1ccccc1S)c1ccccc1. The van der Waals surface area contributed by atoms with Gasteiger partial charge in [0, 0.05) is 4.90 Å². The van der Waals surface area contributed by atoms with Gasteiger partial charge in [-0.15, -0.1) is 12.6 Å². The van der Waals surface area contributed by atoms with Crippen LogP contribution in [0.2, 0.25) is 0 Å². The van der Waals surface area contributed by atoms with Gasteiger partial charge in [-0.25, -0.2) is 4.79 Å². The third kappa shape index (κ3) is 2.44. The van der Waals surface area contributed by atoms with Crippen molar-refractivity contribution >= 4 is 18.6 Å². The van der Waals surface area contributed by atoms with E-state index in [0.717, 1.165) is 0 Å². The van der Waals surface area contributed by atoms with Crippen LogP contribution in [-0.4, -0.2) is 5.97 Å². The fourth-order valence-corrected chi connectivity index (χ4v) is 1.48. The molecule has 0 aliphatic heterocycles. The summed E-state index contributed by atoms with van der Waals surface area (Å²) in [6, 6.07) is 16.0. The molecule has 0 radical (unpaired) electrons. The fourth-order valence-electron chi connectivity index (χ4n) is 1.28.